The molecule has 6 heterocycles. The van der Waals surface area contributed by atoms with Crippen molar-refractivity contribution in [2.75, 3.05) is 18.9 Å². The maximum absolute atomic E-state index is 13.7. The molecule has 2 saturated heterocycles. The summed E-state index contributed by atoms with van der Waals surface area (Å²) in [5.41, 5.74) is 2.05. The molecule has 6 rings (SSSR count). The number of nitrogens with one attached hydrogen (secondary N) is 2. The second kappa shape index (κ2) is 11.4. The van der Waals surface area contributed by atoms with Gasteiger partial charge in [0.05, 0.1) is 25.9 Å². The summed E-state index contributed by atoms with van der Waals surface area (Å²) in [4.78, 5) is 64.7. The molecular formula is C20H24N9O13P2+. The second-order valence-corrected chi connectivity index (χ2v) is 12.5. The molecule has 10 unspecified atom stereocenters. The number of nitrogen functional groups attached to an aromatic ring is 1. The Morgan fingerprint density at radius 1 is 1.02 bits per heavy atom. The molecule has 0 aliphatic carbocycles. The van der Waals surface area contributed by atoms with Crippen molar-refractivity contribution >= 4 is 44.0 Å². The summed E-state index contributed by atoms with van der Waals surface area (Å²) in [6, 6.07) is 0. The van der Waals surface area contributed by atoms with Crippen LogP contribution in [0, 0.1) is 0 Å². The molecule has 0 amide bonds. The quantitative estimate of drug-likeness (QED) is 0.0826. The zero-order valence-corrected chi connectivity index (χ0v) is 23.7. The molecule has 4 aromatic rings. The van der Waals surface area contributed by atoms with Crippen LogP contribution in [0.25, 0.3) is 22.3 Å². The number of rotatable bonds is 9. The fourth-order valence-corrected chi connectivity index (χ4v) is 7.37. The molecule has 0 saturated carbocycles. The summed E-state index contributed by atoms with van der Waals surface area (Å²) < 4.78 is 49.2. The van der Waals surface area contributed by atoms with Crippen LogP contribution in [0.1, 0.15) is 12.5 Å². The van der Waals surface area contributed by atoms with Gasteiger partial charge in [0.2, 0.25) is 0 Å². The van der Waals surface area contributed by atoms with Crippen LogP contribution in [0.2, 0.25) is 0 Å². The molecular weight excluding hydrogens is 636 g/mol. The van der Waals surface area contributed by atoms with E-state index in [0.717, 1.165) is 17.2 Å². The van der Waals surface area contributed by atoms with Crippen molar-refractivity contribution in [3.8, 4) is 0 Å². The number of hydrogen-bond donors (Lipinski definition) is 8. The SMILES string of the molecule is Nc1ncnc2c1ncn2C1OC(COP(=O)(O)C2C(O)C(CO)OC2n2cnc3c(=O)[nH]c(=O)[nH]c32)C(O[P+](=O)O)C1O. The van der Waals surface area contributed by atoms with Crippen LogP contribution < -0.4 is 17.0 Å². The lowest BCUT2D eigenvalue weighted by Gasteiger charge is -2.27. The zero-order chi connectivity index (χ0) is 31.5. The standard InChI is InChI=1S/C20H23N9O13P2/c21-14-8-15(23-3-22-14)28(4-24-8)18-11(32)12(42-43(35)36)7(41-18)2-39-44(37,38)13-10(31)6(1-30)40-19(13)29-5-25-9-16(29)26-20(34)27-17(9)33/h3-7,10-13,18-19,30-32H,1-2H2,(H5-,21,22,23,26,27,33,34,35,36,37,38)/p+1. The van der Waals surface area contributed by atoms with Gasteiger partial charge in [-0.15, -0.1) is 9.42 Å². The first-order valence-electron chi connectivity index (χ1n) is 12.6. The molecule has 0 aromatic carbocycles. The summed E-state index contributed by atoms with van der Waals surface area (Å²) in [7, 11) is -8.33. The van der Waals surface area contributed by atoms with E-state index in [1.165, 1.54) is 10.9 Å². The number of aromatic amines is 2. The first-order chi connectivity index (χ1) is 20.9. The van der Waals surface area contributed by atoms with Gasteiger partial charge in [-0.25, -0.2) is 24.7 Å². The lowest BCUT2D eigenvalue weighted by Crippen LogP contribution is -2.37. The van der Waals surface area contributed by atoms with Gasteiger partial charge in [-0.3, -0.25) is 28.5 Å². The van der Waals surface area contributed by atoms with Crippen molar-refractivity contribution < 1.29 is 52.8 Å². The third-order valence-corrected chi connectivity index (χ3v) is 9.50. The number of fused-ring (bicyclic) bond motifs is 2. The smallest absolute Gasteiger partial charge is 0.394 e. The Morgan fingerprint density at radius 3 is 2.45 bits per heavy atom. The Hall–Kier alpha value is -3.53. The van der Waals surface area contributed by atoms with Gasteiger partial charge in [-0.05, 0) is 0 Å². The molecule has 2 aliphatic heterocycles. The number of ether oxygens (including phenoxy) is 2. The van der Waals surface area contributed by atoms with Gasteiger partial charge in [0, 0.05) is 4.57 Å². The highest BCUT2D eigenvalue weighted by molar-refractivity contribution is 7.53. The van der Waals surface area contributed by atoms with Crippen LogP contribution in [-0.2, 0) is 27.7 Å². The Kier molecular flexibility index (Phi) is 7.93. The molecule has 0 bridgehead atoms. The van der Waals surface area contributed by atoms with Crippen molar-refractivity contribution in [1.29, 1.82) is 0 Å². The lowest BCUT2D eigenvalue weighted by atomic mass is 10.1. The van der Waals surface area contributed by atoms with Crippen molar-refractivity contribution in [3.05, 3.63) is 39.8 Å². The Labute approximate surface area is 243 Å². The first-order valence-corrected chi connectivity index (χ1v) is 15.4. The van der Waals surface area contributed by atoms with Crippen LogP contribution >= 0.6 is 15.9 Å². The number of aliphatic hydroxyl groups excluding tert-OH is 3. The summed E-state index contributed by atoms with van der Waals surface area (Å²) >= 11 is 0. The molecule has 10 atom stereocenters. The molecule has 236 valence electrons. The first kappa shape index (κ1) is 30.5. The van der Waals surface area contributed by atoms with E-state index in [2.05, 4.69) is 24.9 Å². The van der Waals surface area contributed by atoms with Crippen LogP contribution in [0.3, 0.4) is 0 Å². The molecule has 24 heteroatoms. The predicted octanol–water partition coefficient (Wildman–Crippen LogP) is -3.05. The topological polar surface area (TPSA) is 325 Å². The largest absolute Gasteiger partial charge is 0.695 e. The van der Waals surface area contributed by atoms with E-state index in [9.17, 15) is 43.8 Å². The molecule has 2 aliphatic rings. The monoisotopic (exact) mass is 660 g/mol. The Balaban J connectivity index is 1.29. The third kappa shape index (κ3) is 5.14. The minimum atomic E-state index is -5.03. The number of nitrogens with zero attached hydrogens (tertiary/aromatic N) is 6. The number of hydrogen-bond acceptors (Lipinski definition) is 16. The highest BCUT2D eigenvalue weighted by atomic mass is 31.2. The van der Waals surface area contributed by atoms with E-state index in [1.807, 2.05) is 4.98 Å². The van der Waals surface area contributed by atoms with Gasteiger partial charge in [0.1, 0.15) is 47.6 Å². The summed E-state index contributed by atoms with van der Waals surface area (Å²) in [6.07, 6.45) is -7.45. The van der Waals surface area contributed by atoms with E-state index >= 15 is 0 Å². The molecule has 4 aromatic heterocycles. The zero-order valence-electron chi connectivity index (χ0n) is 21.9. The lowest BCUT2D eigenvalue weighted by molar-refractivity contribution is -0.0491. The highest BCUT2D eigenvalue weighted by Gasteiger charge is 2.56. The molecule has 9 N–H and O–H groups in total. The Bertz CT molecular complexity index is 1890. The van der Waals surface area contributed by atoms with E-state index in [1.54, 1.807) is 0 Å². The van der Waals surface area contributed by atoms with Gasteiger partial charge in [0.15, 0.2) is 35.5 Å². The average molecular weight is 660 g/mol. The molecule has 0 spiro atoms. The van der Waals surface area contributed by atoms with E-state index in [0.29, 0.717) is 0 Å². The van der Waals surface area contributed by atoms with Gasteiger partial charge < -0.3 is 39.9 Å². The van der Waals surface area contributed by atoms with Crippen molar-refractivity contribution in [2.24, 2.45) is 0 Å². The number of aliphatic hydroxyl groups is 3. The Morgan fingerprint density at radius 2 is 1.73 bits per heavy atom. The summed E-state index contributed by atoms with van der Waals surface area (Å²) in [5.74, 6) is 0.0287. The van der Waals surface area contributed by atoms with Crippen LogP contribution in [0.15, 0.2) is 28.6 Å². The minimum absolute atomic E-state index is 0.0287. The fourth-order valence-electron chi connectivity index (χ4n) is 5.25. The third-order valence-electron chi connectivity index (χ3n) is 7.24. The van der Waals surface area contributed by atoms with Crippen molar-refractivity contribution in [1.82, 2.24) is 39.0 Å². The second-order valence-electron chi connectivity index (χ2n) is 9.79. The fraction of sp³-hybridized carbons (Fsp3) is 0.500. The molecule has 44 heavy (non-hydrogen) atoms. The number of imidazole rings is 2. The number of nitrogens with two attached hydrogens (primary N) is 1. The maximum atomic E-state index is 13.7. The van der Waals surface area contributed by atoms with E-state index in [-0.39, 0.29) is 28.1 Å². The number of aromatic nitrogens is 8. The van der Waals surface area contributed by atoms with Crippen LogP contribution in [0.4, 0.5) is 5.82 Å². The minimum Gasteiger partial charge on any atom is -0.394 e. The van der Waals surface area contributed by atoms with Crippen LogP contribution in [0.5, 0.6) is 0 Å². The average Bonchev–Trinajstić information content (AvgIpc) is 3.72. The molecule has 2 fully saturated rings. The summed E-state index contributed by atoms with van der Waals surface area (Å²) in [6.45, 7) is -1.62. The van der Waals surface area contributed by atoms with Gasteiger partial charge >= 0.3 is 21.5 Å². The highest BCUT2D eigenvalue weighted by Crippen LogP contribution is 2.57. The molecule has 0 radical (unpaired) electrons. The maximum Gasteiger partial charge on any atom is 0.695 e. The van der Waals surface area contributed by atoms with Crippen molar-refractivity contribution in [3.63, 3.8) is 0 Å². The van der Waals surface area contributed by atoms with Crippen molar-refractivity contribution in [2.45, 2.75) is 48.6 Å². The van der Waals surface area contributed by atoms with E-state index < -0.39 is 88.9 Å². The molecule has 22 nitrogen and oxygen atoms in total. The van der Waals surface area contributed by atoms with Gasteiger partial charge in [-0.1, -0.05) is 0 Å². The van der Waals surface area contributed by atoms with Gasteiger partial charge in [0.25, 0.3) is 5.56 Å². The normalized spacial score (nSPS) is 30.7. The number of H-pyrrole nitrogens is 2. The summed E-state index contributed by atoms with van der Waals surface area (Å²) in [5, 5.41) is 31.6. The number of anilines is 1. The van der Waals surface area contributed by atoms with Gasteiger partial charge in [-0.2, -0.15) is 0 Å². The van der Waals surface area contributed by atoms with Crippen LogP contribution in [-0.4, -0.2) is 114 Å². The van der Waals surface area contributed by atoms with E-state index in [4.69, 9.17) is 24.3 Å². The predicted molar refractivity (Wildman–Crippen MR) is 142 cm³/mol.